The second-order valence-corrected chi connectivity index (χ2v) is 6.02. The van der Waals surface area contributed by atoms with Crippen molar-refractivity contribution < 1.29 is 4.79 Å². The molecule has 0 saturated heterocycles. The van der Waals surface area contributed by atoms with E-state index in [0.29, 0.717) is 35.5 Å². The number of nitrogens with one attached hydrogen (secondary N) is 3. The van der Waals surface area contributed by atoms with Crippen LogP contribution in [0.15, 0.2) is 47.6 Å². The number of guanidine groups is 1. The van der Waals surface area contributed by atoms with Gasteiger partial charge in [0.05, 0.1) is 0 Å². The molecule has 1 amide bonds. The molecule has 2 rings (SSSR count). The lowest BCUT2D eigenvalue weighted by Crippen LogP contribution is -2.39. The standard InChI is InChI=1S/C20H22ClN5O/c1-3-15-6-5-7-17(12-15)26-19(27)14-25-20(22-4-2)23-11-10-16-8-9-18(21)24-13-16/h1,5-9,12-13H,4,10-11,14H2,2H3,(H,26,27)(H2,22,23,25). The smallest absolute Gasteiger partial charge is 0.246 e. The van der Waals surface area contributed by atoms with E-state index in [-0.39, 0.29) is 12.5 Å². The first-order valence-corrected chi connectivity index (χ1v) is 8.97. The minimum absolute atomic E-state index is 0.00187. The second kappa shape index (κ2) is 10.8. The number of amides is 1. The lowest BCUT2D eigenvalue weighted by molar-refractivity contribution is -0.114. The van der Waals surface area contributed by atoms with Gasteiger partial charge in [-0.15, -0.1) is 6.42 Å². The first kappa shape index (κ1) is 20.3. The number of hydrogen-bond donors (Lipinski definition) is 3. The van der Waals surface area contributed by atoms with Crippen molar-refractivity contribution in [3.63, 3.8) is 0 Å². The Morgan fingerprint density at radius 3 is 2.85 bits per heavy atom. The summed E-state index contributed by atoms with van der Waals surface area (Å²) < 4.78 is 0. The SMILES string of the molecule is C#Cc1cccc(NC(=O)CN=C(NCC)NCCc2ccc(Cl)nc2)c1. The van der Waals surface area contributed by atoms with Crippen LogP contribution in [0.2, 0.25) is 5.15 Å². The molecule has 2 aromatic rings. The first-order chi connectivity index (χ1) is 13.1. The summed E-state index contributed by atoms with van der Waals surface area (Å²) in [7, 11) is 0. The molecule has 0 aliphatic rings. The summed E-state index contributed by atoms with van der Waals surface area (Å²) in [6.45, 7) is 3.31. The largest absolute Gasteiger partial charge is 0.357 e. The molecule has 1 aromatic heterocycles. The van der Waals surface area contributed by atoms with Gasteiger partial charge in [0.2, 0.25) is 5.91 Å². The van der Waals surface area contributed by atoms with E-state index >= 15 is 0 Å². The summed E-state index contributed by atoms with van der Waals surface area (Å²) in [5.41, 5.74) is 2.43. The highest BCUT2D eigenvalue weighted by Gasteiger charge is 2.04. The van der Waals surface area contributed by atoms with Gasteiger partial charge in [-0.25, -0.2) is 9.98 Å². The maximum absolute atomic E-state index is 12.1. The zero-order valence-corrected chi connectivity index (χ0v) is 15.9. The third kappa shape index (κ3) is 7.38. The van der Waals surface area contributed by atoms with Crippen LogP contribution in [0.4, 0.5) is 5.69 Å². The fourth-order valence-corrected chi connectivity index (χ4v) is 2.37. The molecule has 1 aromatic carbocycles. The predicted molar refractivity (Wildman–Crippen MR) is 110 cm³/mol. The van der Waals surface area contributed by atoms with E-state index in [1.807, 2.05) is 13.0 Å². The summed E-state index contributed by atoms with van der Waals surface area (Å²) in [5, 5.41) is 9.56. The van der Waals surface area contributed by atoms with Gasteiger partial charge in [0.1, 0.15) is 11.7 Å². The third-order valence-corrected chi connectivity index (χ3v) is 3.76. The molecule has 3 N–H and O–H groups in total. The predicted octanol–water partition coefficient (Wildman–Crippen LogP) is 2.45. The Kier molecular flexibility index (Phi) is 8.14. The fourth-order valence-electron chi connectivity index (χ4n) is 2.26. The normalized spacial score (nSPS) is 10.8. The Morgan fingerprint density at radius 1 is 1.30 bits per heavy atom. The van der Waals surface area contributed by atoms with Crippen molar-refractivity contribution in [2.24, 2.45) is 4.99 Å². The number of aliphatic imine (C=N–C) groups is 1. The van der Waals surface area contributed by atoms with Crippen molar-refractivity contribution in [2.75, 3.05) is 25.0 Å². The highest BCUT2D eigenvalue weighted by Crippen LogP contribution is 2.09. The lowest BCUT2D eigenvalue weighted by atomic mass is 10.2. The van der Waals surface area contributed by atoms with Crippen LogP contribution in [0, 0.1) is 12.3 Å². The van der Waals surface area contributed by atoms with Gasteiger partial charge < -0.3 is 16.0 Å². The zero-order valence-electron chi connectivity index (χ0n) is 15.1. The van der Waals surface area contributed by atoms with Gasteiger partial charge in [0.15, 0.2) is 5.96 Å². The summed E-state index contributed by atoms with van der Waals surface area (Å²) in [5.74, 6) is 2.89. The maximum atomic E-state index is 12.1. The number of pyridine rings is 1. The average Bonchev–Trinajstić information content (AvgIpc) is 2.68. The molecule has 7 heteroatoms. The number of carbonyl (C=O) groups excluding carboxylic acids is 1. The quantitative estimate of drug-likeness (QED) is 0.297. The van der Waals surface area contributed by atoms with Crippen LogP contribution in [0.3, 0.4) is 0 Å². The van der Waals surface area contributed by atoms with Gasteiger partial charge in [-0.1, -0.05) is 29.7 Å². The van der Waals surface area contributed by atoms with Crippen LogP contribution >= 0.6 is 11.6 Å². The highest BCUT2D eigenvalue weighted by atomic mass is 35.5. The van der Waals surface area contributed by atoms with Crippen LogP contribution < -0.4 is 16.0 Å². The molecule has 0 unspecified atom stereocenters. The van der Waals surface area contributed by atoms with Gasteiger partial charge in [-0.05, 0) is 43.2 Å². The Labute approximate surface area is 164 Å². The van der Waals surface area contributed by atoms with Gasteiger partial charge in [-0.2, -0.15) is 0 Å². The molecule has 0 atom stereocenters. The third-order valence-electron chi connectivity index (χ3n) is 3.53. The minimum atomic E-state index is -0.219. The minimum Gasteiger partial charge on any atom is -0.357 e. The number of carbonyl (C=O) groups is 1. The van der Waals surface area contributed by atoms with Crippen molar-refractivity contribution >= 4 is 29.2 Å². The van der Waals surface area contributed by atoms with E-state index in [1.54, 1.807) is 36.5 Å². The Balaban J connectivity index is 1.85. The molecule has 0 bridgehead atoms. The first-order valence-electron chi connectivity index (χ1n) is 8.60. The molecule has 0 fully saturated rings. The summed E-state index contributed by atoms with van der Waals surface area (Å²) in [6.07, 6.45) is 7.87. The fraction of sp³-hybridized carbons (Fsp3) is 0.250. The molecule has 0 spiro atoms. The van der Waals surface area contributed by atoms with Crippen LogP contribution in [-0.2, 0) is 11.2 Å². The molecule has 0 saturated carbocycles. The molecule has 0 radical (unpaired) electrons. The molecule has 27 heavy (non-hydrogen) atoms. The zero-order chi connectivity index (χ0) is 19.5. The second-order valence-electron chi connectivity index (χ2n) is 5.63. The van der Waals surface area contributed by atoms with Crippen molar-refractivity contribution in [3.05, 3.63) is 58.9 Å². The van der Waals surface area contributed by atoms with Crippen LogP contribution in [0.25, 0.3) is 0 Å². The molecule has 0 aliphatic carbocycles. The van der Waals surface area contributed by atoms with Gasteiger partial charge in [0.25, 0.3) is 0 Å². The monoisotopic (exact) mass is 383 g/mol. The van der Waals surface area contributed by atoms with E-state index in [2.05, 4.69) is 31.8 Å². The summed E-state index contributed by atoms with van der Waals surface area (Å²) in [4.78, 5) is 20.5. The Bertz CT molecular complexity index is 827. The molecule has 1 heterocycles. The topological polar surface area (TPSA) is 78.4 Å². The summed E-state index contributed by atoms with van der Waals surface area (Å²) >= 11 is 5.78. The van der Waals surface area contributed by atoms with E-state index < -0.39 is 0 Å². The highest BCUT2D eigenvalue weighted by molar-refractivity contribution is 6.29. The van der Waals surface area contributed by atoms with E-state index in [0.717, 1.165) is 12.0 Å². The van der Waals surface area contributed by atoms with Crippen molar-refractivity contribution in [2.45, 2.75) is 13.3 Å². The van der Waals surface area contributed by atoms with E-state index in [9.17, 15) is 4.79 Å². The van der Waals surface area contributed by atoms with E-state index in [4.69, 9.17) is 18.0 Å². The Morgan fingerprint density at radius 2 is 2.15 bits per heavy atom. The molecule has 0 aliphatic heterocycles. The van der Waals surface area contributed by atoms with Crippen LogP contribution in [-0.4, -0.2) is 36.5 Å². The summed E-state index contributed by atoms with van der Waals surface area (Å²) in [6, 6.07) is 10.8. The number of aromatic nitrogens is 1. The average molecular weight is 384 g/mol. The number of hydrogen-bond acceptors (Lipinski definition) is 3. The molecule has 140 valence electrons. The van der Waals surface area contributed by atoms with Crippen molar-refractivity contribution in [3.8, 4) is 12.3 Å². The maximum Gasteiger partial charge on any atom is 0.246 e. The molecular formula is C20H22ClN5O. The van der Waals surface area contributed by atoms with Crippen molar-refractivity contribution in [1.82, 2.24) is 15.6 Å². The van der Waals surface area contributed by atoms with E-state index in [1.165, 1.54) is 0 Å². The molecule has 6 nitrogen and oxygen atoms in total. The number of benzene rings is 1. The van der Waals surface area contributed by atoms with Gasteiger partial charge >= 0.3 is 0 Å². The number of halogens is 1. The van der Waals surface area contributed by atoms with Crippen LogP contribution in [0.1, 0.15) is 18.1 Å². The molecular weight excluding hydrogens is 362 g/mol. The van der Waals surface area contributed by atoms with Crippen LogP contribution in [0.5, 0.6) is 0 Å². The van der Waals surface area contributed by atoms with Gasteiger partial charge in [-0.3, -0.25) is 4.79 Å². The number of terminal acetylenes is 1. The lowest BCUT2D eigenvalue weighted by Gasteiger charge is -2.11. The Hall–Kier alpha value is -3.04. The number of anilines is 1. The van der Waals surface area contributed by atoms with Crippen molar-refractivity contribution in [1.29, 1.82) is 0 Å². The van der Waals surface area contributed by atoms with Gasteiger partial charge in [0, 0.05) is 30.5 Å². The number of rotatable bonds is 7. The number of nitrogens with zero attached hydrogens (tertiary/aromatic N) is 2.